The fourth-order valence-electron chi connectivity index (χ4n) is 4.65. The van der Waals surface area contributed by atoms with Crippen LogP contribution in [0.4, 0.5) is 17.6 Å². The maximum absolute atomic E-state index is 14.4. The first-order valence-corrected chi connectivity index (χ1v) is 11.4. The molecule has 0 saturated heterocycles. The molecule has 1 amide bonds. The standard InChI is InChI=1S/C27H21F4N3O2/c1-15(23-4-2-3-11-32-23)33-25(35)16-5-10-24-21(12-16)20-13-18(28)14-22(20)26(36)34(24)19-8-6-17(7-9-19)27(29,30)31/h2-12,15,18H,13-14H2,1H3,(H,33,35)/t15-,18?/m0/s1. The minimum atomic E-state index is -4.51. The highest BCUT2D eigenvalue weighted by atomic mass is 19.4. The van der Waals surface area contributed by atoms with E-state index in [9.17, 15) is 27.2 Å². The van der Waals surface area contributed by atoms with Gasteiger partial charge in [-0.3, -0.25) is 19.1 Å². The molecule has 36 heavy (non-hydrogen) atoms. The maximum atomic E-state index is 14.4. The summed E-state index contributed by atoms with van der Waals surface area (Å²) in [7, 11) is 0. The minimum absolute atomic E-state index is 0.0321. The number of halogens is 4. The van der Waals surface area contributed by atoms with Crippen molar-refractivity contribution in [2.75, 3.05) is 0 Å². The van der Waals surface area contributed by atoms with Crippen molar-refractivity contribution in [2.45, 2.75) is 38.2 Å². The predicted molar refractivity (Wildman–Crippen MR) is 127 cm³/mol. The third kappa shape index (κ3) is 4.25. The first kappa shape index (κ1) is 23.7. The lowest BCUT2D eigenvalue weighted by atomic mass is 10.0. The average molecular weight is 495 g/mol. The molecule has 5 nitrogen and oxygen atoms in total. The third-order valence-corrected chi connectivity index (χ3v) is 6.43. The molecule has 0 saturated carbocycles. The molecule has 5 rings (SSSR count). The quantitative estimate of drug-likeness (QED) is 0.389. The molecular formula is C27H21F4N3O2. The number of rotatable bonds is 4. The van der Waals surface area contributed by atoms with Crippen molar-refractivity contribution < 1.29 is 22.4 Å². The van der Waals surface area contributed by atoms with Crippen molar-refractivity contribution in [2.24, 2.45) is 0 Å². The third-order valence-electron chi connectivity index (χ3n) is 6.43. The predicted octanol–water partition coefficient (Wildman–Crippen LogP) is 5.33. The Morgan fingerprint density at radius 1 is 1.06 bits per heavy atom. The van der Waals surface area contributed by atoms with Gasteiger partial charge >= 0.3 is 6.18 Å². The number of carbonyl (C=O) groups is 1. The van der Waals surface area contributed by atoms with Gasteiger partial charge in [-0.2, -0.15) is 13.2 Å². The maximum Gasteiger partial charge on any atom is 0.416 e. The summed E-state index contributed by atoms with van der Waals surface area (Å²) in [6, 6.07) is 14.0. The van der Waals surface area contributed by atoms with Gasteiger partial charge in [0.1, 0.15) is 6.17 Å². The Bertz CT molecular complexity index is 1510. The zero-order chi connectivity index (χ0) is 25.6. The van der Waals surface area contributed by atoms with Crippen LogP contribution in [-0.2, 0) is 19.0 Å². The summed E-state index contributed by atoms with van der Waals surface area (Å²) in [6.45, 7) is 1.80. The fraction of sp³-hybridized carbons (Fsp3) is 0.222. The van der Waals surface area contributed by atoms with Crippen molar-refractivity contribution in [3.05, 3.63) is 105 Å². The Hall–Kier alpha value is -4.01. The highest BCUT2D eigenvalue weighted by Crippen LogP contribution is 2.33. The molecule has 0 bridgehead atoms. The van der Waals surface area contributed by atoms with E-state index in [0.717, 1.165) is 12.1 Å². The van der Waals surface area contributed by atoms with E-state index in [1.54, 1.807) is 37.4 Å². The van der Waals surface area contributed by atoms with Crippen LogP contribution in [0.5, 0.6) is 0 Å². The number of benzene rings is 2. The first-order chi connectivity index (χ1) is 17.1. The van der Waals surface area contributed by atoms with Crippen molar-refractivity contribution in [3.8, 4) is 5.69 Å². The van der Waals surface area contributed by atoms with E-state index >= 15 is 0 Å². The lowest BCUT2D eigenvalue weighted by Gasteiger charge is -2.17. The number of hydrogen-bond acceptors (Lipinski definition) is 3. The summed E-state index contributed by atoms with van der Waals surface area (Å²) >= 11 is 0. The normalized spacial score (nSPS) is 16.1. The lowest BCUT2D eigenvalue weighted by Crippen LogP contribution is -2.27. The van der Waals surface area contributed by atoms with E-state index in [4.69, 9.17) is 0 Å². The van der Waals surface area contributed by atoms with Gasteiger partial charge in [0.25, 0.3) is 11.5 Å². The van der Waals surface area contributed by atoms with Crippen LogP contribution < -0.4 is 10.9 Å². The second kappa shape index (κ2) is 8.89. The second-order valence-corrected chi connectivity index (χ2v) is 8.83. The van der Waals surface area contributed by atoms with Crippen molar-refractivity contribution in [1.82, 2.24) is 14.9 Å². The molecule has 1 aliphatic carbocycles. The molecule has 2 aromatic heterocycles. The lowest BCUT2D eigenvalue weighted by molar-refractivity contribution is -0.137. The second-order valence-electron chi connectivity index (χ2n) is 8.83. The van der Waals surface area contributed by atoms with E-state index in [1.165, 1.54) is 22.8 Å². The van der Waals surface area contributed by atoms with Crippen molar-refractivity contribution >= 4 is 16.8 Å². The van der Waals surface area contributed by atoms with E-state index in [2.05, 4.69) is 10.3 Å². The monoisotopic (exact) mass is 495 g/mol. The minimum Gasteiger partial charge on any atom is -0.344 e. The van der Waals surface area contributed by atoms with Gasteiger partial charge < -0.3 is 5.32 Å². The summed E-state index contributed by atoms with van der Waals surface area (Å²) in [6.07, 6.45) is -4.19. The van der Waals surface area contributed by atoms with Gasteiger partial charge in [-0.1, -0.05) is 6.07 Å². The topological polar surface area (TPSA) is 64.0 Å². The molecule has 4 aromatic rings. The van der Waals surface area contributed by atoms with Crippen LogP contribution in [0.25, 0.3) is 16.6 Å². The highest BCUT2D eigenvalue weighted by Gasteiger charge is 2.31. The van der Waals surface area contributed by atoms with Gasteiger partial charge in [0.2, 0.25) is 0 Å². The number of fused-ring (bicyclic) bond motifs is 3. The molecule has 0 fully saturated rings. The molecule has 184 valence electrons. The molecule has 2 aromatic carbocycles. The van der Waals surface area contributed by atoms with E-state index in [-0.39, 0.29) is 36.0 Å². The highest BCUT2D eigenvalue weighted by molar-refractivity contribution is 5.99. The Morgan fingerprint density at radius 3 is 2.44 bits per heavy atom. The fourth-order valence-corrected chi connectivity index (χ4v) is 4.65. The number of pyridine rings is 2. The number of amides is 1. The Balaban J connectivity index is 1.60. The number of nitrogens with one attached hydrogen (secondary N) is 1. The zero-order valence-electron chi connectivity index (χ0n) is 19.1. The summed E-state index contributed by atoms with van der Waals surface area (Å²) in [5.41, 5.74) is 1.10. The average Bonchev–Trinajstić information content (AvgIpc) is 3.26. The van der Waals surface area contributed by atoms with Crippen molar-refractivity contribution in [3.63, 3.8) is 0 Å². The Morgan fingerprint density at radius 2 is 1.78 bits per heavy atom. The van der Waals surface area contributed by atoms with Gasteiger partial charge in [0, 0.05) is 41.2 Å². The van der Waals surface area contributed by atoms with E-state index < -0.39 is 23.5 Å². The van der Waals surface area contributed by atoms with Crippen LogP contribution in [-0.4, -0.2) is 21.6 Å². The van der Waals surface area contributed by atoms with E-state index in [1.807, 2.05) is 6.07 Å². The van der Waals surface area contributed by atoms with Crippen LogP contribution >= 0.6 is 0 Å². The first-order valence-electron chi connectivity index (χ1n) is 11.4. The molecule has 9 heteroatoms. The molecule has 0 aliphatic heterocycles. The van der Waals surface area contributed by atoms with Gasteiger partial charge in [-0.05, 0) is 67.1 Å². The molecule has 0 spiro atoms. The number of alkyl halides is 4. The van der Waals surface area contributed by atoms with Crippen LogP contribution in [0.2, 0.25) is 0 Å². The van der Waals surface area contributed by atoms with Crippen LogP contribution in [0, 0.1) is 0 Å². The number of aromatic nitrogens is 2. The molecule has 1 N–H and O–H groups in total. The van der Waals surface area contributed by atoms with Gasteiger partial charge in [-0.25, -0.2) is 4.39 Å². The summed E-state index contributed by atoms with van der Waals surface area (Å²) < 4.78 is 54.8. The molecule has 0 radical (unpaired) electrons. The van der Waals surface area contributed by atoms with Crippen LogP contribution in [0.3, 0.4) is 0 Å². The summed E-state index contributed by atoms with van der Waals surface area (Å²) in [5.74, 6) is -0.370. The molecule has 1 unspecified atom stereocenters. The number of hydrogen-bond donors (Lipinski definition) is 1. The molecule has 1 aliphatic rings. The van der Waals surface area contributed by atoms with E-state index in [0.29, 0.717) is 27.7 Å². The molecule has 2 heterocycles. The zero-order valence-corrected chi connectivity index (χ0v) is 19.1. The molecular weight excluding hydrogens is 474 g/mol. The van der Waals surface area contributed by atoms with Crippen LogP contribution in [0.1, 0.15) is 45.7 Å². The van der Waals surface area contributed by atoms with Gasteiger partial charge in [-0.15, -0.1) is 0 Å². The largest absolute Gasteiger partial charge is 0.416 e. The summed E-state index contributed by atoms with van der Waals surface area (Å²) in [4.78, 5) is 30.6. The summed E-state index contributed by atoms with van der Waals surface area (Å²) in [5, 5.41) is 3.40. The van der Waals surface area contributed by atoms with Crippen LogP contribution in [0.15, 0.2) is 71.7 Å². The van der Waals surface area contributed by atoms with Gasteiger partial charge in [0.05, 0.1) is 22.8 Å². The number of nitrogens with zero attached hydrogens (tertiary/aromatic N) is 2. The molecule has 2 atom stereocenters. The Kier molecular flexibility index (Phi) is 5.86. The Labute approximate surface area is 203 Å². The SMILES string of the molecule is C[C@H](NC(=O)c1ccc2c(c1)c1c(c(=O)n2-c2ccc(C(F)(F)F)cc2)CC(F)C1)c1ccccn1. The number of carbonyl (C=O) groups excluding carboxylic acids is 1. The van der Waals surface area contributed by atoms with Crippen molar-refractivity contribution in [1.29, 1.82) is 0 Å². The van der Waals surface area contributed by atoms with Gasteiger partial charge in [0.15, 0.2) is 0 Å². The smallest absolute Gasteiger partial charge is 0.344 e.